The van der Waals surface area contributed by atoms with Crippen molar-refractivity contribution in [2.45, 2.75) is 20.8 Å². The third-order valence-corrected chi connectivity index (χ3v) is 6.86. The van der Waals surface area contributed by atoms with Crippen LogP contribution in [0.4, 0.5) is 5.69 Å². The number of carboxylic acid groups (broad SMARTS) is 2. The highest BCUT2D eigenvalue weighted by atomic mass is 35.5. The molecule has 3 aromatic rings. The molecular formula is C25H20ClN3O5S. The molecule has 0 unspecified atom stereocenters. The number of hydrogen-bond donors (Lipinski definition) is 3. The number of aryl methyl sites for hydroxylation is 1. The average molecular weight is 510 g/mol. The van der Waals surface area contributed by atoms with Gasteiger partial charge >= 0.3 is 11.9 Å². The van der Waals surface area contributed by atoms with Crippen molar-refractivity contribution >= 4 is 58.1 Å². The van der Waals surface area contributed by atoms with Crippen LogP contribution in [0.5, 0.6) is 0 Å². The Labute approximate surface area is 209 Å². The average Bonchev–Trinajstić information content (AvgIpc) is 3.28. The Kier molecular flexibility index (Phi) is 6.56. The predicted molar refractivity (Wildman–Crippen MR) is 136 cm³/mol. The van der Waals surface area contributed by atoms with Gasteiger partial charge in [-0.3, -0.25) is 4.79 Å². The van der Waals surface area contributed by atoms with Crippen LogP contribution in [-0.2, 0) is 4.79 Å². The van der Waals surface area contributed by atoms with Crippen LogP contribution in [0.3, 0.4) is 0 Å². The van der Waals surface area contributed by atoms with Crippen molar-refractivity contribution in [2.75, 3.05) is 0 Å². The molecule has 1 aliphatic rings. The first-order valence-electron chi connectivity index (χ1n) is 10.4. The molecular weight excluding hydrogens is 490 g/mol. The number of halogens is 1. The molecule has 0 aliphatic carbocycles. The van der Waals surface area contributed by atoms with Crippen LogP contribution in [0.25, 0.3) is 11.8 Å². The summed E-state index contributed by atoms with van der Waals surface area (Å²) in [6.45, 7) is 5.48. The molecule has 1 amide bonds. The second kappa shape index (κ2) is 9.44. The Morgan fingerprint density at radius 3 is 2.34 bits per heavy atom. The van der Waals surface area contributed by atoms with Gasteiger partial charge < -0.3 is 20.1 Å². The molecule has 35 heavy (non-hydrogen) atoms. The number of aromatic carboxylic acids is 2. The van der Waals surface area contributed by atoms with E-state index in [2.05, 4.69) is 10.3 Å². The molecule has 0 atom stereocenters. The molecule has 8 nitrogen and oxygen atoms in total. The van der Waals surface area contributed by atoms with Crippen molar-refractivity contribution < 1.29 is 24.6 Å². The maximum atomic E-state index is 12.6. The lowest BCUT2D eigenvalue weighted by Crippen LogP contribution is -2.19. The van der Waals surface area contributed by atoms with Gasteiger partial charge in [0.25, 0.3) is 5.91 Å². The summed E-state index contributed by atoms with van der Waals surface area (Å²) in [5.74, 6) is -2.74. The predicted octanol–water partition coefficient (Wildman–Crippen LogP) is 5.34. The number of hydrogen-bond acceptors (Lipinski definition) is 5. The van der Waals surface area contributed by atoms with E-state index in [0.717, 1.165) is 28.6 Å². The number of carboxylic acids is 2. The maximum absolute atomic E-state index is 12.6. The van der Waals surface area contributed by atoms with Crippen LogP contribution in [0, 0.1) is 20.8 Å². The molecule has 1 aromatic heterocycles. The highest BCUT2D eigenvalue weighted by Gasteiger charge is 2.25. The number of nitrogens with zero attached hydrogens (tertiary/aromatic N) is 2. The van der Waals surface area contributed by atoms with E-state index in [9.17, 15) is 24.6 Å². The van der Waals surface area contributed by atoms with Gasteiger partial charge in [0, 0.05) is 22.1 Å². The number of aliphatic imine (C=N–C) groups is 1. The van der Waals surface area contributed by atoms with Crippen molar-refractivity contribution in [2.24, 2.45) is 4.99 Å². The lowest BCUT2D eigenvalue weighted by molar-refractivity contribution is -0.115. The van der Waals surface area contributed by atoms with Crippen molar-refractivity contribution in [1.82, 2.24) is 9.88 Å². The van der Waals surface area contributed by atoms with Crippen LogP contribution in [0.1, 0.15) is 43.2 Å². The van der Waals surface area contributed by atoms with E-state index in [0.29, 0.717) is 26.5 Å². The zero-order valence-electron chi connectivity index (χ0n) is 18.9. The normalized spacial score (nSPS) is 15.6. The Bertz CT molecular complexity index is 1440. The van der Waals surface area contributed by atoms with E-state index < -0.39 is 11.9 Å². The molecule has 0 bridgehead atoms. The summed E-state index contributed by atoms with van der Waals surface area (Å²) in [5, 5.41) is 22.6. The minimum absolute atomic E-state index is 0.129. The zero-order chi connectivity index (χ0) is 25.4. The number of thioether (sulfide) groups is 1. The monoisotopic (exact) mass is 509 g/mol. The van der Waals surface area contributed by atoms with Gasteiger partial charge in [-0.25, -0.2) is 14.6 Å². The number of aromatic nitrogens is 1. The van der Waals surface area contributed by atoms with Crippen LogP contribution in [0.2, 0.25) is 5.02 Å². The van der Waals surface area contributed by atoms with E-state index in [1.165, 1.54) is 23.9 Å². The number of benzene rings is 2. The zero-order valence-corrected chi connectivity index (χ0v) is 20.5. The number of carbonyl (C=O) groups is 3. The summed E-state index contributed by atoms with van der Waals surface area (Å²) in [6, 6.07) is 11.2. The second-order valence-corrected chi connectivity index (χ2v) is 9.34. The molecule has 0 spiro atoms. The molecule has 10 heteroatoms. The fourth-order valence-corrected chi connectivity index (χ4v) is 4.76. The van der Waals surface area contributed by atoms with Gasteiger partial charge in [-0.2, -0.15) is 0 Å². The quantitative estimate of drug-likeness (QED) is 0.399. The molecule has 1 aliphatic heterocycles. The van der Waals surface area contributed by atoms with Gasteiger partial charge in [0.1, 0.15) is 0 Å². The van der Waals surface area contributed by atoms with E-state index in [1.54, 1.807) is 22.8 Å². The van der Waals surface area contributed by atoms with Gasteiger partial charge in [0.2, 0.25) is 0 Å². The van der Waals surface area contributed by atoms with Crippen LogP contribution >= 0.6 is 23.4 Å². The third-order valence-electron chi connectivity index (χ3n) is 5.54. The first-order valence-corrected chi connectivity index (χ1v) is 11.6. The molecule has 1 saturated heterocycles. The fraction of sp³-hybridized carbons (Fsp3) is 0.120. The highest BCUT2D eigenvalue weighted by molar-refractivity contribution is 8.18. The first-order chi connectivity index (χ1) is 16.5. The number of nitrogens with one attached hydrogen (secondary N) is 1. The number of rotatable bonds is 5. The SMILES string of the molecule is Cc1c(Cl)cccc1N=C1NC(=O)/C(=C/c2cc(C)n(-c3cc(C(=O)O)cc(C(=O)O)c3)c2C)S1. The largest absolute Gasteiger partial charge is 0.478 e. The Morgan fingerprint density at radius 2 is 1.71 bits per heavy atom. The van der Waals surface area contributed by atoms with Crippen molar-refractivity contribution in [1.29, 1.82) is 0 Å². The summed E-state index contributed by atoms with van der Waals surface area (Å²) in [5.41, 5.74) is 3.82. The second-order valence-electron chi connectivity index (χ2n) is 7.91. The minimum atomic E-state index is -1.22. The van der Waals surface area contributed by atoms with E-state index >= 15 is 0 Å². The molecule has 4 rings (SSSR count). The molecule has 0 radical (unpaired) electrons. The van der Waals surface area contributed by atoms with Gasteiger partial charge in [-0.05, 0) is 86.1 Å². The van der Waals surface area contributed by atoms with Gasteiger partial charge in [-0.15, -0.1) is 0 Å². The van der Waals surface area contributed by atoms with Crippen molar-refractivity contribution in [3.8, 4) is 5.69 Å². The topological polar surface area (TPSA) is 121 Å². The summed E-state index contributed by atoms with van der Waals surface area (Å²) in [7, 11) is 0. The van der Waals surface area contributed by atoms with Gasteiger partial charge in [0.15, 0.2) is 5.17 Å². The van der Waals surface area contributed by atoms with E-state index in [1.807, 2.05) is 32.9 Å². The molecule has 178 valence electrons. The molecule has 1 fully saturated rings. The van der Waals surface area contributed by atoms with Gasteiger partial charge in [-0.1, -0.05) is 17.7 Å². The van der Waals surface area contributed by atoms with Crippen LogP contribution in [-0.4, -0.2) is 37.8 Å². The highest BCUT2D eigenvalue weighted by Crippen LogP contribution is 2.32. The first kappa shape index (κ1) is 24.3. The summed E-state index contributed by atoms with van der Waals surface area (Å²) >= 11 is 7.36. The lowest BCUT2D eigenvalue weighted by atomic mass is 10.1. The molecule has 3 N–H and O–H groups in total. The Morgan fingerprint density at radius 1 is 1.06 bits per heavy atom. The van der Waals surface area contributed by atoms with Crippen LogP contribution in [0.15, 0.2) is 52.4 Å². The summed E-state index contributed by atoms with van der Waals surface area (Å²) in [4.78, 5) is 40.6. The lowest BCUT2D eigenvalue weighted by Gasteiger charge is -2.12. The summed E-state index contributed by atoms with van der Waals surface area (Å²) < 4.78 is 1.76. The number of carbonyl (C=O) groups excluding carboxylic acids is 1. The Hall–Kier alpha value is -3.82. The number of amides is 1. The van der Waals surface area contributed by atoms with Crippen molar-refractivity contribution in [3.63, 3.8) is 0 Å². The maximum Gasteiger partial charge on any atom is 0.335 e. The van der Waals surface area contributed by atoms with Crippen LogP contribution < -0.4 is 5.32 Å². The van der Waals surface area contributed by atoms with Crippen molar-refractivity contribution in [3.05, 3.63) is 86.0 Å². The molecule has 2 heterocycles. The standard InChI is InChI=1S/C25H20ClN3O5S/c1-12-7-15(14(3)29(12)18-9-16(23(31)32)8-17(10-18)24(33)34)11-21-22(30)28-25(35-21)27-20-6-4-5-19(26)13(20)2/h4-11H,1-3H3,(H,31,32)(H,33,34)(H,27,28,30)/b21-11-. The molecule has 0 saturated carbocycles. The Balaban J connectivity index is 1.71. The smallest absolute Gasteiger partial charge is 0.335 e. The number of amidine groups is 1. The third kappa shape index (κ3) is 4.87. The summed E-state index contributed by atoms with van der Waals surface area (Å²) in [6.07, 6.45) is 1.73. The van der Waals surface area contributed by atoms with Gasteiger partial charge in [0.05, 0.1) is 21.7 Å². The minimum Gasteiger partial charge on any atom is -0.478 e. The van der Waals surface area contributed by atoms with E-state index in [-0.39, 0.29) is 17.0 Å². The van der Waals surface area contributed by atoms with E-state index in [4.69, 9.17) is 11.6 Å². The fourth-order valence-electron chi connectivity index (χ4n) is 3.77. The molecule has 2 aromatic carbocycles.